The number of hydrogen-bond acceptors (Lipinski definition) is 5. The highest BCUT2D eigenvalue weighted by Crippen LogP contribution is 2.44. The molecule has 18 heavy (non-hydrogen) atoms. The molecule has 0 radical (unpaired) electrons. The molecule has 6 heteroatoms. The van der Waals surface area contributed by atoms with Crippen molar-refractivity contribution in [1.82, 2.24) is 9.97 Å². The average Bonchev–Trinajstić information content (AvgIpc) is 3.24. The van der Waals surface area contributed by atoms with Crippen LogP contribution in [0.5, 0.6) is 0 Å². The molecule has 1 saturated carbocycles. The Kier molecular flexibility index (Phi) is 3.77. The van der Waals surface area contributed by atoms with Crippen molar-refractivity contribution >= 4 is 33.5 Å². The van der Waals surface area contributed by atoms with Gasteiger partial charge in [-0.3, -0.25) is 0 Å². The van der Waals surface area contributed by atoms with E-state index in [1.807, 2.05) is 18.8 Å². The molecule has 1 aromatic rings. The van der Waals surface area contributed by atoms with Gasteiger partial charge in [-0.15, -0.1) is 0 Å². The molecule has 4 nitrogen and oxygen atoms in total. The summed E-state index contributed by atoms with van der Waals surface area (Å²) in [4.78, 5) is 9.31. The fourth-order valence-corrected chi connectivity index (χ4v) is 3.60. The van der Waals surface area contributed by atoms with Gasteiger partial charge in [-0.25, -0.2) is 9.97 Å². The van der Waals surface area contributed by atoms with Crippen LogP contribution in [-0.4, -0.2) is 35.1 Å². The van der Waals surface area contributed by atoms with Crippen molar-refractivity contribution in [2.24, 2.45) is 0 Å². The summed E-state index contributed by atoms with van der Waals surface area (Å²) in [5, 5.41) is 3.14. The van der Waals surface area contributed by atoms with E-state index in [1.165, 1.54) is 12.8 Å². The van der Waals surface area contributed by atoms with Crippen molar-refractivity contribution in [3.8, 4) is 0 Å². The van der Waals surface area contributed by atoms with E-state index in [-0.39, 0.29) is 6.10 Å². The zero-order valence-corrected chi connectivity index (χ0v) is 12.7. The number of hydrogen-bond donors (Lipinski definition) is 1. The van der Waals surface area contributed by atoms with E-state index < -0.39 is 0 Å². The summed E-state index contributed by atoms with van der Waals surface area (Å²) >= 11 is 5.51. The Hall–Kier alpha value is -0.330. The maximum absolute atomic E-state index is 5.77. The summed E-state index contributed by atoms with van der Waals surface area (Å²) in [6.45, 7) is 0.794. The summed E-state index contributed by atoms with van der Waals surface area (Å²) in [6.07, 6.45) is 2.51. The molecule has 98 valence electrons. The topological polar surface area (TPSA) is 47.0 Å². The molecule has 0 aromatic carbocycles. The third-order valence-electron chi connectivity index (χ3n) is 3.20. The van der Waals surface area contributed by atoms with Crippen molar-refractivity contribution in [2.45, 2.75) is 24.9 Å². The molecule has 0 bridgehead atoms. The maximum Gasteiger partial charge on any atom is 0.160 e. The second-order valence-corrected chi connectivity index (χ2v) is 6.53. The fraction of sp³-hybridized carbons (Fsp3) is 0.667. The fourth-order valence-electron chi connectivity index (χ4n) is 2.06. The number of thioether (sulfide) groups is 1. The molecule has 3 rings (SSSR count). The standard InChI is InChI=1S/C12H16BrN3OS/c1-14-12-9(13)10(7-2-3-7)15-11(16-12)8-6-18-5-4-17-8/h7-8H,2-6H2,1H3,(H,14,15,16). The Morgan fingerprint density at radius 3 is 2.83 bits per heavy atom. The Labute approximate surface area is 119 Å². The minimum Gasteiger partial charge on any atom is -0.372 e. The Balaban J connectivity index is 1.95. The van der Waals surface area contributed by atoms with Crippen LogP contribution in [0.4, 0.5) is 5.82 Å². The molecule has 2 aliphatic rings. The molecule has 1 saturated heterocycles. The Morgan fingerprint density at radius 2 is 2.22 bits per heavy atom. The van der Waals surface area contributed by atoms with E-state index in [0.29, 0.717) is 5.92 Å². The van der Waals surface area contributed by atoms with E-state index in [0.717, 1.165) is 39.9 Å². The molecule has 1 aromatic heterocycles. The van der Waals surface area contributed by atoms with Crippen molar-refractivity contribution < 1.29 is 4.74 Å². The van der Waals surface area contributed by atoms with Gasteiger partial charge in [0.25, 0.3) is 0 Å². The predicted molar refractivity (Wildman–Crippen MR) is 77.3 cm³/mol. The minimum atomic E-state index is 0.0430. The quantitative estimate of drug-likeness (QED) is 0.923. The van der Waals surface area contributed by atoms with Crippen LogP contribution in [0.1, 0.15) is 36.4 Å². The lowest BCUT2D eigenvalue weighted by Crippen LogP contribution is -2.19. The average molecular weight is 330 g/mol. The van der Waals surface area contributed by atoms with Crippen LogP contribution in [0, 0.1) is 0 Å². The van der Waals surface area contributed by atoms with E-state index in [1.54, 1.807) is 0 Å². The van der Waals surface area contributed by atoms with Crippen molar-refractivity contribution in [1.29, 1.82) is 0 Å². The number of rotatable bonds is 3. The Morgan fingerprint density at radius 1 is 1.39 bits per heavy atom. The normalized spacial score (nSPS) is 24.0. The first-order chi connectivity index (χ1) is 8.79. The van der Waals surface area contributed by atoms with Crippen LogP contribution in [0.25, 0.3) is 0 Å². The highest BCUT2D eigenvalue weighted by Gasteiger charge is 2.31. The van der Waals surface area contributed by atoms with Crippen LogP contribution in [0.3, 0.4) is 0 Å². The molecule has 1 unspecified atom stereocenters. The van der Waals surface area contributed by atoms with Crippen LogP contribution in [-0.2, 0) is 4.74 Å². The first-order valence-electron chi connectivity index (χ1n) is 6.24. The van der Waals surface area contributed by atoms with Gasteiger partial charge >= 0.3 is 0 Å². The molecule has 1 N–H and O–H groups in total. The van der Waals surface area contributed by atoms with Crippen molar-refractivity contribution in [3.05, 3.63) is 16.0 Å². The zero-order valence-electron chi connectivity index (χ0n) is 10.3. The minimum absolute atomic E-state index is 0.0430. The maximum atomic E-state index is 5.77. The van der Waals surface area contributed by atoms with Gasteiger partial charge in [0.2, 0.25) is 0 Å². The lowest BCUT2D eigenvalue weighted by molar-refractivity contribution is 0.0693. The third-order valence-corrected chi connectivity index (χ3v) is 4.97. The van der Waals surface area contributed by atoms with Crippen LogP contribution >= 0.6 is 27.7 Å². The third kappa shape index (κ3) is 2.51. The highest BCUT2D eigenvalue weighted by molar-refractivity contribution is 9.10. The second-order valence-electron chi connectivity index (χ2n) is 4.59. The highest BCUT2D eigenvalue weighted by atomic mass is 79.9. The smallest absolute Gasteiger partial charge is 0.160 e. The molecule has 1 atom stereocenters. The summed E-state index contributed by atoms with van der Waals surface area (Å²) in [7, 11) is 1.89. The molecule has 1 aliphatic heterocycles. The van der Waals surface area contributed by atoms with Gasteiger partial charge in [0.1, 0.15) is 11.9 Å². The zero-order chi connectivity index (χ0) is 12.5. The SMILES string of the molecule is CNc1nc(C2CSCCO2)nc(C2CC2)c1Br. The van der Waals surface area contributed by atoms with E-state index in [2.05, 4.69) is 26.2 Å². The van der Waals surface area contributed by atoms with Gasteiger partial charge < -0.3 is 10.1 Å². The van der Waals surface area contributed by atoms with E-state index >= 15 is 0 Å². The predicted octanol–water partition coefficient (Wildman–Crippen LogP) is 2.96. The van der Waals surface area contributed by atoms with Crippen LogP contribution in [0.2, 0.25) is 0 Å². The molecule has 1 aliphatic carbocycles. The van der Waals surface area contributed by atoms with Crippen LogP contribution in [0.15, 0.2) is 4.47 Å². The number of ether oxygens (including phenoxy) is 1. The van der Waals surface area contributed by atoms with Gasteiger partial charge in [-0.2, -0.15) is 11.8 Å². The molecule has 2 heterocycles. The van der Waals surface area contributed by atoms with E-state index in [9.17, 15) is 0 Å². The number of halogens is 1. The lowest BCUT2D eigenvalue weighted by Gasteiger charge is -2.22. The monoisotopic (exact) mass is 329 g/mol. The second kappa shape index (κ2) is 5.35. The number of nitrogens with one attached hydrogen (secondary N) is 1. The lowest BCUT2D eigenvalue weighted by atomic mass is 10.2. The molecular formula is C12H16BrN3OS. The molecule has 0 amide bonds. The van der Waals surface area contributed by atoms with Gasteiger partial charge in [0.15, 0.2) is 5.82 Å². The summed E-state index contributed by atoms with van der Waals surface area (Å²) in [6, 6.07) is 0. The molecule has 0 spiro atoms. The van der Waals surface area contributed by atoms with E-state index in [4.69, 9.17) is 9.72 Å². The van der Waals surface area contributed by atoms with Crippen LogP contribution < -0.4 is 5.32 Å². The van der Waals surface area contributed by atoms with Crippen molar-refractivity contribution in [3.63, 3.8) is 0 Å². The summed E-state index contributed by atoms with van der Waals surface area (Å²) < 4.78 is 6.78. The van der Waals surface area contributed by atoms with Crippen molar-refractivity contribution in [2.75, 3.05) is 30.5 Å². The Bertz CT molecular complexity index is 447. The summed E-state index contributed by atoms with van der Waals surface area (Å²) in [5.74, 6) is 4.33. The first kappa shape index (κ1) is 12.7. The molecule has 2 fully saturated rings. The largest absolute Gasteiger partial charge is 0.372 e. The molecular weight excluding hydrogens is 314 g/mol. The summed E-state index contributed by atoms with van der Waals surface area (Å²) in [5.41, 5.74) is 1.14. The first-order valence-corrected chi connectivity index (χ1v) is 8.18. The van der Waals surface area contributed by atoms with Gasteiger partial charge in [-0.1, -0.05) is 0 Å². The van der Waals surface area contributed by atoms with Gasteiger partial charge in [-0.05, 0) is 28.8 Å². The number of anilines is 1. The number of nitrogens with zero attached hydrogens (tertiary/aromatic N) is 2. The number of aromatic nitrogens is 2. The van der Waals surface area contributed by atoms with Gasteiger partial charge in [0, 0.05) is 24.5 Å². The van der Waals surface area contributed by atoms with Gasteiger partial charge in [0.05, 0.1) is 16.8 Å².